The van der Waals surface area contributed by atoms with Crippen LogP contribution < -0.4 is 4.72 Å². The molecule has 3 aliphatic carbocycles. The molecule has 2 bridgehead atoms. The van der Waals surface area contributed by atoms with Gasteiger partial charge in [-0.2, -0.15) is 0 Å². The van der Waals surface area contributed by atoms with E-state index in [4.69, 9.17) is 0 Å². The summed E-state index contributed by atoms with van der Waals surface area (Å²) < 4.78 is 28.4. The van der Waals surface area contributed by atoms with Crippen molar-refractivity contribution < 1.29 is 8.42 Å². The van der Waals surface area contributed by atoms with Gasteiger partial charge in [-0.3, -0.25) is 0 Å². The lowest BCUT2D eigenvalue weighted by Gasteiger charge is -2.45. The van der Waals surface area contributed by atoms with E-state index in [1.165, 1.54) is 22.3 Å². The maximum absolute atomic E-state index is 12.8. The first kappa shape index (κ1) is 17.7. The summed E-state index contributed by atoms with van der Waals surface area (Å²) >= 11 is 0. The van der Waals surface area contributed by atoms with Crippen molar-refractivity contribution >= 4 is 10.0 Å². The predicted octanol–water partition coefficient (Wildman–Crippen LogP) is 4.57. The highest BCUT2D eigenvalue weighted by Crippen LogP contribution is 2.55. The number of fused-ring (bicyclic) bond motifs is 1. The lowest BCUT2D eigenvalue weighted by Crippen LogP contribution is -2.39. The highest BCUT2D eigenvalue weighted by atomic mass is 32.2. The van der Waals surface area contributed by atoms with Crippen LogP contribution in [0.25, 0.3) is 0 Å². The molecule has 3 nitrogen and oxygen atoms in total. The van der Waals surface area contributed by atoms with E-state index in [1.807, 2.05) is 19.1 Å². The third kappa shape index (κ3) is 2.79. The Morgan fingerprint density at radius 2 is 1.36 bits per heavy atom. The molecular weight excluding hydrogens is 366 g/mol. The summed E-state index contributed by atoms with van der Waals surface area (Å²) in [6, 6.07) is 24.3. The molecule has 0 saturated carbocycles. The molecule has 3 aliphatic rings. The topological polar surface area (TPSA) is 46.2 Å². The molecule has 0 fully saturated rings. The van der Waals surface area contributed by atoms with Crippen LogP contribution in [0.15, 0.2) is 77.7 Å². The lowest BCUT2D eigenvalue weighted by molar-refractivity contribution is 0.355. The highest BCUT2D eigenvalue weighted by molar-refractivity contribution is 7.89. The standard InChI is InChI=1S/C24H23NO2S/c1-16-10-12-18(13-11-16)28(26,27)25-15-17-14-23-19-6-2-4-8-21(19)24(17)22-9-5-3-7-20(22)23/h2-13,17,23-25H,14-15H2,1H3/t17-,23?,24?/m0/s1. The molecule has 0 aliphatic heterocycles. The normalized spacial score (nSPS) is 22.5. The zero-order chi connectivity index (χ0) is 19.3. The van der Waals surface area contributed by atoms with Crippen LogP contribution in [0.1, 0.15) is 46.1 Å². The van der Waals surface area contributed by atoms with E-state index in [0.29, 0.717) is 17.4 Å². The van der Waals surface area contributed by atoms with Crippen LogP contribution in [0.2, 0.25) is 0 Å². The second-order valence-electron chi connectivity index (χ2n) is 7.95. The molecule has 0 spiro atoms. The van der Waals surface area contributed by atoms with Crippen LogP contribution in [0, 0.1) is 12.8 Å². The first-order chi connectivity index (χ1) is 13.5. The molecule has 0 unspecified atom stereocenters. The van der Waals surface area contributed by atoms with Crippen molar-refractivity contribution in [1.82, 2.24) is 4.72 Å². The van der Waals surface area contributed by atoms with Crippen molar-refractivity contribution in [3.63, 3.8) is 0 Å². The average molecular weight is 390 g/mol. The summed E-state index contributed by atoms with van der Waals surface area (Å²) in [5, 5.41) is 0. The van der Waals surface area contributed by atoms with Gasteiger partial charge in [-0.05, 0) is 53.6 Å². The molecule has 0 radical (unpaired) electrons. The Labute approximate surface area is 166 Å². The van der Waals surface area contributed by atoms with Gasteiger partial charge in [0.1, 0.15) is 0 Å². The maximum Gasteiger partial charge on any atom is 0.240 e. The van der Waals surface area contributed by atoms with Crippen LogP contribution in [-0.4, -0.2) is 15.0 Å². The van der Waals surface area contributed by atoms with Crippen LogP contribution in [0.4, 0.5) is 0 Å². The van der Waals surface area contributed by atoms with Gasteiger partial charge in [0.05, 0.1) is 4.90 Å². The molecule has 28 heavy (non-hydrogen) atoms. The fourth-order valence-corrected chi connectivity index (χ4v) is 6.07. The van der Waals surface area contributed by atoms with Crippen molar-refractivity contribution in [2.75, 3.05) is 6.54 Å². The number of benzene rings is 3. The Balaban J connectivity index is 1.46. The van der Waals surface area contributed by atoms with E-state index in [-0.39, 0.29) is 11.8 Å². The van der Waals surface area contributed by atoms with Crippen molar-refractivity contribution in [3.05, 3.63) is 101 Å². The first-order valence-electron chi connectivity index (χ1n) is 9.78. The smallest absolute Gasteiger partial charge is 0.211 e. The Morgan fingerprint density at radius 3 is 1.93 bits per heavy atom. The summed E-state index contributed by atoms with van der Waals surface area (Å²) in [6.45, 7) is 2.41. The number of hydrogen-bond donors (Lipinski definition) is 1. The van der Waals surface area contributed by atoms with E-state index in [1.54, 1.807) is 12.1 Å². The number of nitrogens with one attached hydrogen (secondary N) is 1. The van der Waals surface area contributed by atoms with Crippen LogP contribution in [0.5, 0.6) is 0 Å². The van der Waals surface area contributed by atoms with E-state index in [2.05, 4.69) is 53.3 Å². The molecule has 0 aromatic heterocycles. The monoisotopic (exact) mass is 389 g/mol. The molecule has 3 aromatic carbocycles. The van der Waals surface area contributed by atoms with Crippen molar-refractivity contribution in [2.45, 2.75) is 30.1 Å². The largest absolute Gasteiger partial charge is 0.240 e. The zero-order valence-electron chi connectivity index (χ0n) is 15.8. The van der Waals surface area contributed by atoms with Gasteiger partial charge in [0.2, 0.25) is 10.0 Å². The predicted molar refractivity (Wildman–Crippen MR) is 111 cm³/mol. The molecule has 1 N–H and O–H groups in total. The molecule has 0 amide bonds. The van der Waals surface area contributed by atoms with Gasteiger partial charge in [0.15, 0.2) is 0 Å². The molecule has 0 saturated heterocycles. The summed E-state index contributed by atoms with van der Waals surface area (Å²) in [5.41, 5.74) is 6.58. The SMILES string of the molecule is Cc1ccc(S(=O)(=O)NC[C@@H]2CC3c4ccccc4C2c2ccccc23)cc1. The maximum atomic E-state index is 12.8. The summed E-state index contributed by atoms with van der Waals surface area (Å²) in [7, 11) is -3.50. The Hall–Kier alpha value is -2.43. The number of rotatable bonds is 4. The van der Waals surface area contributed by atoms with Gasteiger partial charge in [-0.15, -0.1) is 0 Å². The molecular formula is C24H23NO2S. The molecule has 4 heteroatoms. The van der Waals surface area contributed by atoms with Gasteiger partial charge in [-0.25, -0.2) is 13.1 Å². The quantitative estimate of drug-likeness (QED) is 0.710. The number of aryl methyl sites for hydroxylation is 1. The fraction of sp³-hybridized carbons (Fsp3) is 0.250. The number of sulfonamides is 1. The van der Waals surface area contributed by atoms with Crippen LogP contribution in [0.3, 0.4) is 0 Å². The van der Waals surface area contributed by atoms with Gasteiger partial charge in [0, 0.05) is 18.4 Å². The van der Waals surface area contributed by atoms with Gasteiger partial charge >= 0.3 is 0 Å². The molecule has 0 heterocycles. The van der Waals surface area contributed by atoms with E-state index < -0.39 is 10.0 Å². The zero-order valence-corrected chi connectivity index (χ0v) is 16.6. The summed E-state index contributed by atoms with van der Waals surface area (Å²) in [6.07, 6.45) is 0.981. The number of hydrogen-bond acceptors (Lipinski definition) is 2. The summed E-state index contributed by atoms with van der Waals surface area (Å²) in [5.74, 6) is 0.861. The van der Waals surface area contributed by atoms with Gasteiger partial charge in [-0.1, -0.05) is 66.2 Å². The first-order valence-corrected chi connectivity index (χ1v) is 11.3. The summed E-state index contributed by atoms with van der Waals surface area (Å²) in [4.78, 5) is 0.333. The second kappa shape index (κ2) is 6.57. The highest BCUT2D eigenvalue weighted by Gasteiger charge is 2.43. The third-order valence-electron chi connectivity index (χ3n) is 6.29. The van der Waals surface area contributed by atoms with Crippen molar-refractivity contribution in [2.24, 2.45) is 5.92 Å². The van der Waals surface area contributed by atoms with E-state index >= 15 is 0 Å². The Kier molecular flexibility index (Phi) is 4.14. The minimum atomic E-state index is -3.50. The third-order valence-corrected chi connectivity index (χ3v) is 7.73. The fourth-order valence-electron chi connectivity index (χ4n) is 4.98. The van der Waals surface area contributed by atoms with Gasteiger partial charge < -0.3 is 0 Å². The van der Waals surface area contributed by atoms with Gasteiger partial charge in [0.25, 0.3) is 0 Å². The van der Waals surface area contributed by atoms with E-state index in [9.17, 15) is 8.42 Å². The lowest BCUT2D eigenvalue weighted by atomic mass is 9.59. The molecule has 3 aromatic rings. The van der Waals surface area contributed by atoms with E-state index in [0.717, 1.165) is 12.0 Å². The van der Waals surface area contributed by atoms with Crippen LogP contribution in [-0.2, 0) is 10.0 Å². The molecule has 1 atom stereocenters. The Bertz CT molecular complexity index is 1090. The average Bonchev–Trinajstić information content (AvgIpc) is 2.73. The minimum absolute atomic E-state index is 0.248. The minimum Gasteiger partial charge on any atom is -0.211 e. The van der Waals surface area contributed by atoms with Crippen LogP contribution >= 0.6 is 0 Å². The second-order valence-corrected chi connectivity index (χ2v) is 9.72. The molecule has 142 valence electrons. The molecule has 6 rings (SSSR count). The Morgan fingerprint density at radius 1 is 0.821 bits per heavy atom. The van der Waals surface area contributed by atoms with Crippen molar-refractivity contribution in [3.8, 4) is 0 Å². The van der Waals surface area contributed by atoms with Crippen molar-refractivity contribution in [1.29, 1.82) is 0 Å².